The van der Waals surface area contributed by atoms with Crippen molar-refractivity contribution in [3.05, 3.63) is 64.7 Å². The molecule has 25 heavy (non-hydrogen) atoms. The molecule has 0 aliphatic heterocycles. The lowest BCUT2D eigenvalue weighted by atomic mass is 10.0. The highest BCUT2D eigenvalue weighted by Gasteiger charge is 2.31. The fourth-order valence-electron chi connectivity index (χ4n) is 2.26. The average molecular weight is 361 g/mol. The van der Waals surface area contributed by atoms with Crippen molar-refractivity contribution in [3.63, 3.8) is 0 Å². The first-order valence-electron chi connectivity index (χ1n) is 8.15. The number of carbonyl (C=O) groups is 2. The Hall–Kier alpha value is -2.33. The minimum absolute atomic E-state index is 0.166. The standard InChI is InChI=1S/C20H21ClO4/c1-4-24-20(23)19(18(22)15-5-9-16(21)10-6-15)25-17-11-7-14(8-12-17)13(2)3/h5-13,19H,4H2,1-3H3/t19-/m1/s1. The van der Waals surface area contributed by atoms with Crippen LogP contribution in [0.5, 0.6) is 5.75 Å². The van der Waals surface area contributed by atoms with Crippen LogP contribution in [0.25, 0.3) is 0 Å². The predicted octanol–water partition coefficient (Wildman–Crippen LogP) is 4.66. The summed E-state index contributed by atoms with van der Waals surface area (Å²) in [5, 5.41) is 0.509. The maximum atomic E-state index is 12.7. The van der Waals surface area contributed by atoms with E-state index in [1.807, 2.05) is 12.1 Å². The molecule has 132 valence electrons. The van der Waals surface area contributed by atoms with Gasteiger partial charge in [0, 0.05) is 10.6 Å². The normalized spacial score (nSPS) is 11.9. The van der Waals surface area contributed by atoms with E-state index in [2.05, 4.69) is 13.8 Å². The van der Waals surface area contributed by atoms with Gasteiger partial charge in [-0.25, -0.2) is 4.79 Å². The number of Topliss-reactive ketones (excluding diaryl/α,β-unsaturated/α-hetero) is 1. The van der Waals surface area contributed by atoms with Crippen molar-refractivity contribution in [1.29, 1.82) is 0 Å². The highest BCUT2D eigenvalue weighted by atomic mass is 35.5. The minimum Gasteiger partial charge on any atom is -0.470 e. The van der Waals surface area contributed by atoms with Gasteiger partial charge in [-0.1, -0.05) is 37.6 Å². The lowest BCUT2D eigenvalue weighted by Gasteiger charge is -2.17. The first-order chi connectivity index (χ1) is 11.9. The number of hydrogen-bond acceptors (Lipinski definition) is 4. The maximum absolute atomic E-state index is 12.7. The average Bonchev–Trinajstić information content (AvgIpc) is 2.60. The summed E-state index contributed by atoms with van der Waals surface area (Å²) in [7, 11) is 0. The summed E-state index contributed by atoms with van der Waals surface area (Å²) in [5.74, 6) is -0.367. The summed E-state index contributed by atoms with van der Waals surface area (Å²) in [4.78, 5) is 24.9. The zero-order chi connectivity index (χ0) is 18.4. The van der Waals surface area contributed by atoms with Crippen molar-refractivity contribution < 1.29 is 19.1 Å². The van der Waals surface area contributed by atoms with Gasteiger partial charge in [-0.05, 0) is 54.8 Å². The Morgan fingerprint density at radius 1 is 1.00 bits per heavy atom. The molecule has 0 radical (unpaired) electrons. The van der Waals surface area contributed by atoms with E-state index in [4.69, 9.17) is 21.1 Å². The number of halogens is 1. The lowest BCUT2D eigenvalue weighted by Crippen LogP contribution is -2.37. The first-order valence-corrected chi connectivity index (χ1v) is 8.53. The van der Waals surface area contributed by atoms with Gasteiger partial charge in [-0.2, -0.15) is 0 Å². The summed E-state index contributed by atoms with van der Waals surface area (Å²) in [6, 6.07) is 13.6. The minimum atomic E-state index is -1.36. The van der Waals surface area contributed by atoms with Crippen molar-refractivity contribution in [3.8, 4) is 5.75 Å². The van der Waals surface area contributed by atoms with Gasteiger partial charge >= 0.3 is 5.97 Å². The molecule has 0 N–H and O–H groups in total. The smallest absolute Gasteiger partial charge is 0.355 e. The molecule has 0 aliphatic rings. The molecule has 0 aliphatic carbocycles. The molecule has 2 rings (SSSR count). The molecule has 0 saturated heterocycles. The number of hydrogen-bond donors (Lipinski definition) is 0. The van der Waals surface area contributed by atoms with E-state index < -0.39 is 17.9 Å². The van der Waals surface area contributed by atoms with Gasteiger partial charge in [0.2, 0.25) is 5.78 Å². The van der Waals surface area contributed by atoms with E-state index in [0.717, 1.165) is 5.56 Å². The molecule has 0 heterocycles. The van der Waals surface area contributed by atoms with Crippen LogP contribution in [0.15, 0.2) is 48.5 Å². The molecule has 2 aromatic rings. The Kier molecular flexibility index (Phi) is 6.59. The fraction of sp³-hybridized carbons (Fsp3) is 0.300. The number of esters is 1. The highest BCUT2D eigenvalue weighted by molar-refractivity contribution is 6.30. The van der Waals surface area contributed by atoms with Crippen LogP contribution in [0, 0.1) is 0 Å². The van der Waals surface area contributed by atoms with Crippen molar-refractivity contribution in [1.82, 2.24) is 0 Å². The van der Waals surface area contributed by atoms with E-state index in [9.17, 15) is 9.59 Å². The molecular formula is C20H21ClO4. The summed E-state index contributed by atoms with van der Waals surface area (Å²) < 4.78 is 10.6. The molecule has 0 saturated carbocycles. The lowest BCUT2D eigenvalue weighted by molar-refractivity contribution is -0.149. The Labute approximate surface area is 152 Å². The van der Waals surface area contributed by atoms with Gasteiger partial charge in [0.25, 0.3) is 6.10 Å². The first kappa shape index (κ1) is 19.0. The molecule has 2 aromatic carbocycles. The number of rotatable bonds is 7. The number of benzene rings is 2. The van der Waals surface area contributed by atoms with Crippen LogP contribution in [0.2, 0.25) is 5.02 Å². The highest BCUT2D eigenvalue weighted by Crippen LogP contribution is 2.21. The Balaban J connectivity index is 2.24. The Bertz CT molecular complexity index is 720. The molecular weight excluding hydrogens is 340 g/mol. The molecule has 0 fully saturated rings. The largest absolute Gasteiger partial charge is 0.470 e. The van der Waals surface area contributed by atoms with Crippen molar-refractivity contribution in [2.75, 3.05) is 6.61 Å². The topological polar surface area (TPSA) is 52.6 Å². The maximum Gasteiger partial charge on any atom is 0.355 e. The third-order valence-electron chi connectivity index (χ3n) is 3.67. The summed E-state index contributed by atoms with van der Waals surface area (Å²) in [5.41, 5.74) is 1.48. The van der Waals surface area contributed by atoms with Crippen LogP contribution in [0.1, 0.15) is 42.6 Å². The summed E-state index contributed by atoms with van der Waals surface area (Å²) in [6.45, 7) is 6.01. The van der Waals surface area contributed by atoms with Crippen LogP contribution in [0.3, 0.4) is 0 Å². The van der Waals surface area contributed by atoms with E-state index in [0.29, 0.717) is 22.3 Å². The Morgan fingerprint density at radius 3 is 2.12 bits per heavy atom. The molecule has 0 bridgehead atoms. The fourth-order valence-corrected chi connectivity index (χ4v) is 2.39. The van der Waals surface area contributed by atoms with Gasteiger partial charge in [0.15, 0.2) is 0 Å². The zero-order valence-electron chi connectivity index (χ0n) is 14.5. The molecule has 0 spiro atoms. The van der Waals surface area contributed by atoms with Crippen LogP contribution < -0.4 is 4.74 Å². The van der Waals surface area contributed by atoms with Crippen molar-refractivity contribution in [2.45, 2.75) is 32.8 Å². The number of ketones is 1. The molecule has 0 amide bonds. The Morgan fingerprint density at radius 2 is 1.60 bits per heavy atom. The molecule has 1 atom stereocenters. The van der Waals surface area contributed by atoms with Crippen LogP contribution in [-0.4, -0.2) is 24.5 Å². The van der Waals surface area contributed by atoms with Gasteiger partial charge in [-0.15, -0.1) is 0 Å². The molecule has 0 aromatic heterocycles. The van der Waals surface area contributed by atoms with Crippen LogP contribution >= 0.6 is 11.6 Å². The van der Waals surface area contributed by atoms with Crippen molar-refractivity contribution >= 4 is 23.4 Å². The number of ether oxygens (including phenoxy) is 2. The molecule has 4 nitrogen and oxygen atoms in total. The van der Waals surface area contributed by atoms with Crippen LogP contribution in [0.4, 0.5) is 0 Å². The second-order valence-corrected chi connectivity index (χ2v) is 6.28. The third kappa shape index (κ3) is 5.07. The second-order valence-electron chi connectivity index (χ2n) is 5.84. The summed E-state index contributed by atoms with van der Waals surface area (Å²) >= 11 is 5.84. The van der Waals surface area contributed by atoms with E-state index in [1.165, 1.54) is 0 Å². The van der Waals surface area contributed by atoms with E-state index in [-0.39, 0.29) is 6.61 Å². The van der Waals surface area contributed by atoms with E-state index >= 15 is 0 Å². The van der Waals surface area contributed by atoms with Gasteiger partial charge in [-0.3, -0.25) is 4.79 Å². The van der Waals surface area contributed by atoms with E-state index in [1.54, 1.807) is 43.3 Å². The zero-order valence-corrected chi connectivity index (χ0v) is 15.2. The monoisotopic (exact) mass is 360 g/mol. The second kappa shape index (κ2) is 8.67. The summed E-state index contributed by atoms with van der Waals surface area (Å²) in [6.07, 6.45) is -1.36. The van der Waals surface area contributed by atoms with Gasteiger partial charge in [0.05, 0.1) is 6.61 Å². The quantitative estimate of drug-likeness (QED) is 0.409. The SMILES string of the molecule is CCOC(=O)[C@H](Oc1ccc(C(C)C)cc1)C(=O)c1ccc(Cl)cc1. The van der Waals surface area contributed by atoms with Gasteiger partial charge < -0.3 is 9.47 Å². The van der Waals surface area contributed by atoms with Crippen LogP contribution in [-0.2, 0) is 9.53 Å². The van der Waals surface area contributed by atoms with Crippen molar-refractivity contribution in [2.24, 2.45) is 0 Å². The predicted molar refractivity (Wildman–Crippen MR) is 97.4 cm³/mol. The number of carbonyl (C=O) groups excluding carboxylic acids is 2. The third-order valence-corrected chi connectivity index (χ3v) is 3.92. The molecule has 0 unspecified atom stereocenters. The molecule has 5 heteroatoms. The van der Waals surface area contributed by atoms with Gasteiger partial charge in [0.1, 0.15) is 5.75 Å².